The molecule has 0 bridgehead atoms. The second-order valence-corrected chi connectivity index (χ2v) is 7.79. The summed E-state index contributed by atoms with van der Waals surface area (Å²) in [6.45, 7) is 8.05. The van der Waals surface area contributed by atoms with Crippen LogP contribution in [0.5, 0.6) is 0 Å². The van der Waals surface area contributed by atoms with Crippen molar-refractivity contribution >= 4 is 10.0 Å². The molecule has 1 fully saturated rings. The molecule has 0 amide bonds. The molecule has 1 aliphatic heterocycles. The van der Waals surface area contributed by atoms with Crippen LogP contribution in [0.25, 0.3) is 0 Å². The lowest BCUT2D eigenvalue weighted by Crippen LogP contribution is -2.69. The monoisotopic (exact) mass is 220 g/mol. The van der Waals surface area contributed by atoms with Crippen LogP contribution >= 0.6 is 0 Å². The van der Waals surface area contributed by atoms with E-state index in [2.05, 4.69) is 0 Å². The van der Waals surface area contributed by atoms with Gasteiger partial charge in [0.15, 0.2) is 0 Å². The molecule has 0 aliphatic carbocycles. The van der Waals surface area contributed by atoms with Crippen LogP contribution in [0.1, 0.15) is 34.1 Å². The van der Waals surface area contributed by atoms with Gasteiger partial charge in [0.1, 0.15) is 0 Å². The first-order chi connectivity index (χ1) is 6.12. The van der Waals surface area contributed by atoms with Crippen LogP contribution in [0, 0.1) is 0 Å². The summed E-state index contributed by atoms with van der Waals surface area (Å²) in [6.07, 6.45) is 0.823. The van der Waals surface area contributed by atoms with Crippen LogP contribution in [0.3, 0.4) is 0 Å². The van der Waals surface area contributed by atoms with Crippen molar-refractivity contribution in [3.05, 3.63) is 0 Å². The van der Waals surface area contributed by atoms with E-state index in [4.69, 9.17) is 5.73 Å². The van der Waals surface area contributed by atoms with E-state index in [1.54, 1.807) is 20.8 Å². The summed E-state index contributed by atoms with van der Waals surface area (Å²) in [6, 6.07) is 0. The second kappa shape index (κ2) is 3.18. The van der Waals surface area contributed by atoms with Crippen molar-refractivity contribution < 1.29 is 8.42 Å². The zero-order valence-corrected chi connectivity index (χ0v) is 10.2. The fraction of sp³-hybridized carbons (Fsp3) is 1.00. The van der Waals surface area contributed by atoms with Gasteiger partial charge in [0, 0.05) is 18.6 Å². The van der Waals surface area contributed by atoms with Crippen molar-refractivity contribution in [3.8, 4) is 0 Å². The molecule has 14 heavy (non-hydrogen) atoms. The first kappa shape index (κ1) is 11.9. The third kappa shape index (κ3) is 1.81. The summed E-state index contributed by atoms with van der Waals surface area (Å²) in [5.41, 5.74) is 5.63. The molecule has 2 N–H and O–H groups in total. The minimum Gasteiger partial charge on any atom is -0.323 e. The molecule has 1 rings (SSSR count). The largest absolute Gasteiger partial charge is 0.323 e. The van der Waals surface area contributed by atoms with Gasteiger partial charge < -0.3 is 5.73 Å². The Labute approximate surface area is 86.5 Å². The van der Waals surface area contributed by atoms with Crippen molar-refractivity contribution in [1.82, 2.24) is 4.31 Å². The Kier molecular flexibility index (Phi) is 2.71. The summed E-state index contributed by atoms with van der Waals surface area (Å²) in [7, 11) is -3.17. The number of rotatable bonds is 2. The van der Waals surface area contributed by atoms with Crippen LogP contribution in [0.4, 0.5) is 0 Å². The molecule has 0 unspecified atom stereocenters. The van der Waals surface area contributed by atoms with Gasteiger partial charge in [0.25, 0.3) is 0 Å². The van der Waals surface area contributed by atoms with E-state index < -0.39 is 14.8 Å². The maximum atomic E-state index is 11.9. The normalized spacial score (nSPS) is 23.2. The maximum Gasteiger partial charge on any atom is 0.219 e. The Morgan fingerprint density at radius 2 is 1.79 bits per heavy atom. The van der Waals surface area contributed by atoms with E-state index in [0.717, 1.165) is 6.42 Å². The molecule has 0 atom stereocenters. The Morgan fingerprint density at radius 1 is 1.36 bits per heavy atom. The molecule has 0 saturated carbocycles. The van der Waals surface area contributed by atoms with Crippen LogP contribution in [0.15, 0.2) is 0 Å². The molecule has 84 valence electrons. The Hall–Kier alpha value is -0.130. The van der Waals surface area contributed by atoms with Gasteiger partial charge >= 0.3 is 0 Å². The summed E-state index contributed by atoms with van der Waals surface area (Å²) >= 11 is 0. The topological polar surface area (TPSA) is 63.4 Å². The van der Waals surface area contributed by atoms with Crippen molar-refractivity contribution in [2.75, 3.05) is 13.1 Å². The standard InChI is InChI=1S/C9H20N2O2S/c1-5-9(10)6-11(7-9)14(12,13)8(2,3)4/h5-7,10H2,1-4H3. The van der Waals surface area contributed by atoms with E-state index in [0.29, 0.717) is 13.1 Å². The molecule has 4 nitrogen and oxygen atoms in total. The van der Waals surface area contributed by atoms with Gasteiger partial charge in [-0.25, -0.2) is 8.42 Å². The number of hydrogen-bond donors (Lipinski definition) is 1. The fourth-order valence-corrected chi connectivity index (χ4v) is 3.07. The molecule has 1 aliphatic rings. The van der Waals surface area contributed by atoms with Crippen LogP contribution in [0.2, 0.25) is 0 Å². The summed E-state index contributed by atoms with van der Waals surface area (Å²) in [5, 5.41) is 0. The van der Waals surface area contributed by atoms with Crippen LogP contribution in [-0.2, 0) is 10.0 Å². The Balaban J connectivity index is 2.74. The maximum absolute atomic E-state index is 11.9. The average molecular weight is 220 g/mol. The highest BCUT2D eigenvalue weighted by atomic mass is 32.2. The van der Waals surface area contributed by atoms with E-state index in [1.807, 2.05) is 6.92 Å². The molecule has 5 heteroatoms. The number of hydrogen-bond acceptors (Lipinski definition) is 3. The average Bonchev–Trinajstić information content (AvgIpc) is 1.96. The van der Waals surface area contributed by atoms with Gasteiger partial charge in [-0.2, -0.15) is 4.31 Å². The molecular formula is C9H20N2O2S. The lowest BCUT2D eigenvalue weighted by Gasteiger charge is -2.48. The first-order valence-corrected chi connectivity index (χ1v) is 6.35. The van der Waals surface area contributed by atoms with E-state index >= 15 is 0 Å². The quantitative estimate of drug-likeness (QED) is 0.738. The number of sulfonamides is 1. The highest BCUT2D eigenvalue weighted by Crippen LogP contribution is 2.30. The third-order valence-corrected chi connectivity index (χ3v) is 5.29. The lowest BCUT2D eigenvalue weighted by atomic mass is 9.91. The van der Waals surface area contributed by atoms with Crippen molar-refractivity contribution in [1.29, 1.82) is 0 Å². The second-order valence-electron chi connectivity index (χ2n) is 5.10. The number of nitrogens with zero attached hydrogens (tertiary/aromatic N) is 1. The molecule has 0 aromatic heterocycles. The summed E-state index contributed by atoms with van der Waals surface area (Å²) in [4.78, 5) is 0. The van der Waals surface area contributed by atoms with E-state index in [9.17, 15) is 8.42 Å². The number of nitrogens with two attached hydrogens (primary N) is 1. The molecule has 0 aromatic carbocycles. The van der Waals surface area contributed by atoms with Crippen molar-refractivity contribution in [2.24, 2.45) is 5.73 Å². The molecule has 0 radical (unpaired) electrons. The molecule has 0 spiro atoms. The molecule has 1 saturated heterocycles. The first-order valence-electron chi connectivity index (χ1n) is 4.91. The van der Waals surface area contributed by atoms with Gasteiger partial charge in [0.2, 0.25) is 10.0 Å². The summed E-state index contributed by atoms with van der Waals surface area (Å²) in [5.74, 6) is 0. The van der Waals surface area contributed by atoms with Crippen molar-refractivity contribution in [3.63, 3.8) is 0 Å². The molecular weight excluding hydrogens is 200 g/mol. The van der Waals surface area contributed by atoms with Gasteiger partial charge in [-0.15, -0.1) is 0 Å². The SMILES string of the molecule is CCC1(N)CN(S(=O)(=O)C(C)(C)C)C1. The Morgan fingerprint density at radius 3 is 2.07 bits per heavy atom. The highest BCUT2D eigenvalue weighted by Gasteiger charge is 2.47. The zero-order valence-electron chi connectivity index (χ0n) is 9.37. The smallest absolute Gasteiger partial charge is 0.219 e. The van der Waals surface area contributed by atoms with E-state index in [1.165, 1.54) is 4.31 Å². The minimum atomic E-state index is -3.17. The van der Waals surface area contributed by atoms with Crippen LogP contribution < -0.4 is 5.73 Å². The van der Waals surface area contributed by atoms with Crippen LogP contribution in [-0.4, -0.2) is 36.1 Å². The summed E-state index contributed by atoms with van der Waals surface area (Å²) < 4.78 is 24.6. The van der Waals surface area contributed by atoms with Gasteiger partial charge in [-0.1, -0.05) is 6.92 Å². The Bertz CT molecular complexity index is 310. The predicted octanol–water partition coefficient (Wildman–Crippen LogP) is 0.538. The molecule has 0 aromatic rings. The minimum absolute atomic E-state index is 0.293. The predicted molar refractivity (Wildman–Crippen MR) is 57.5 cm³/mol. The van der Waals surface area contributed by atoms with Gasteiger partial charge in [-0.3, -0.25) is 0 Å². The third-order valence-electron chi connectivity index (χ3n) is 2.80. The van der Waals surface area contributed by atoms with Gasteiger partial charge in [-0.05, 0) is 27.2 Å². The van der Waals surface area contributed by atoms with Gasteiger partial charge in [0.05, 0.1) is 4.75 Å². The van der Waals surface area contributed by atoms with Crippen molar-refractivity contribution in [2.45, 2.75) is 44.4 Å². The zero-order chi connectivity index (χ0) is 11.2. The fourth-order valence-electron chi connectivity index (χ4n) is 1.44. The van der Waals surface area contributed by atoms with E-state index in [-0.39, 0.29) is 5.54 Å². The molecule has 1 heterocycles. The highest BCUT2D eigenvalue weighted by molar-refractivity contribution is 7.90. The lowest BCUT2D eigenvalue weighted by molar-refractivity contribution is 0.150.